The van der Waals surface area contributed by atoms with Crippen molar-refractivity contribution in [2.45, 2.75) is 52.2 Å². The molecule has 204 valence electrons. The number of amides is 2. The highest BCUT2D eigenvalue weighted by atomic mass is 32.2. The predicted molar refractivity (Wildman–Crippen MR) is 142 cm³/mol. The fourth-order valence-corrected chi connectivity index (χ4v) is 4.71. The van der Waals surface area contributed by atoms with Gasteiger partial charge < -0.3 is 15.0 Å². The molecule has 0 fully saturated rings. The molecule has 0 radical (unpaired) electrons. The largest absolute Gasteiger partial charge is 0.497 e. The summed E-state index contributed by atoms with van der Waals surface area (Å²) in [7, 11) is 0.106. The van der Waals surface area contributed by atoms with E-state index < -0.39 is 34.5 Å². The molecular weight excluding hydrogens is 499 g/mol. The van der Waals surface area contributed by atoms with E-state index in [0.717, 1.165) is 20.7 Å². The zero-order valence-corrected chi connectivity index (χ0v) is 23.1. The first-order valence-electron chi connectivity index (χ1n) is 12.1. The van der Waals surface area contributed by atoms with Crippen LogP contribution < -0.4 is 14.4 Å². The molecule has 2 aromatic carbocycles. The zero-order chi connectivity index (χ0) is 27.8. The van der Waals surface area contributed by atoms with Gasteiger partial charge in [-0.2, -0.15) is 12.7 Å². The van der Waals surface area contributed by atoms with Gasteiger partial charge in [-0.3, -0.25) is 9.59 Å². The van der Waals surface area contributed by atoms with E-state index >= 15 is 0 Å². The standard InChI is InChI=1S/C26H37FN4O5S/c1-7-19(3)28-26(33)24(8-2)30(17-20-10-9-11-23(16-20)36-6)25(32)18-31(37(34,35)29(4)5)22-14-12-21(27)13-15-22/h9-16,19,24H,7-8,17-18H2,1-6H3,(H,28,33). The average molecular weight is 537 g/mol. The summed E-state index contributed by atoms with van der Waals surface area (Å²) in [6.45, 7) is 5.09. The van der Waals surface area contributed by atoms with E-state index in [9.17, 15) is 22.4 Å². The molecule has 0 heterocycles. The van der Waals surface area contributed by atoms with Crippen LogP contribution in [0, 0.1) is 5.82 Å². The van der Waals surface area contributed by atoms with E-state index in [1.165, 1.54) is 38.2 Å². The highest BCUT2D eigenvalue weighted by molar-refractivity contribution is 7.90. The van der Waals surface area contributed by atoms with Crippen LogP contribution in [0.25, 0.3) is 0 Å². The van der Waals surface area contributed by atoms with Crippen LogP contribution in [0.1, 0.15) is 39.2 Å². The summed E-state index contributed by atoms with van der Waals surface area (Å²) in [6.07, 6.45) is 1.03. The van der Waals surface area contributed by atoms with Gasteiger partial charge in [0.25, 0.3) is 0 Å². The molecular formula is C26H37FN4O5S. The van der Waals surface area contributed by atoms with Crippen LogP contribution in [0.5, 0.6) is 5.75 Å². The second kappa shape index (κ2) is 13.4. The summed E-state index contributed by atoms with van der Waals surface area (Å²) < 4.78 is 47.1. The molecule has 0 bridgehead atoms. The number of nitrogens with one attached hydrogen (secondary N) is 1. The lowest BCUT2D eigenvalue weighted by Gasteiger charge is -2.34. The molecule has 0 aliphatic carbocycles. The lowest BCUT2D eigenvalue weighted by atomic mass is 10.1. The van der Waals surface area contributed by atoms with Gasteiger partial charge in [-0.1, -0.05) is 26.0 Å². The molecule has 2 amide bonds. The van der Waals surface area contributed by atoms with Gasteiger partial charge in [-0.15, -0.1) is 0 Å². The maximum Gasteiger partial charge on any atom is 0.304 e. The maximum atomic E-state index is 13.8. The number of hydrogen-bond donors (Lipinski definition) is 1. The average Bonchev–Trinajstić information content (AvgIpc) is 2.87. The van der Waals surface area contributed by atoms with Crippen LogP contribution in [-0.2, 0) is 26.3 Å². The van der Waals surface area contributed by atoms with E-state index in [2.05, 4.69) is 5.32 Å². The van der Waals surface area contributed by atoms with E-state index in [1.54, 1.807) is 31.2 Å². The highest BCUT2D eigenvalue weighted by Gasteiger charge is 2.34. The number of carbonyl (C=O) groups excluding carboxylic acids is 2. The zero-order valence-electron chi connectivity index (χ0n) is 22.3. The summed E-state index contributed by atoms with van der Waals surface area (Å²) in [5.74, 6) is -0.851. The number of rotatable bonds is 13. The van der Waals surface area contributed by atoms with Gasteiger partial charge in [0.15, 0.2) is 0 Å². The molecule has 0 aromatic heterocycles. The summed E-state index contributed by atoms with van der Waals surface area (Å²) in [5, 5.41) is 2.92. The lowest BCUT2D eigenvalue weighted by molar-refractivity contribution is -0.140. The fraction of sp³-hybridized carbons (Fsp3) is 0.462. The Hall–Kier alpha value is -3.18. The molecule has 9 nitrogen and oxygen atoms in total. The van der Waals surface area contributed by atoms with Crippen molar-refractivity contribution in [2.24, 2.45) is 0 Å². The number of anilines is 1. The van der Waals surface area contributed by atoms with Gasteiger partial charge in [0.05, 0.1) is 12.8 Å². The molecule has 37 heavy (non-hydrogen) atoms. The fourth-order valence-electron chi connectivity index (χ4n) is 3.65. The van der Waals surface area contributed by atoms with Crippen molar-refractivity contribution >= 4 is 27.7 Å². The second-order valence-electron chi connectivity index (χ2n) is 8.89. The summed E-state index contributed by atoms with van der Waals surface area (Å²) >= 11 is 0. The Morgan fingerprint density at radius 2 is 1.70 bits per heavy atom. The Labute approximate surface area is 219 Å². The molecule has 2 unspecified atom stereocenters. The van der Waals surface area contributed by atoms with Crippen LogP contribution in [0.15, 0.2) is 48.5 Å². The number of benzene rings is 2. The van der Waals surface area contributed by atoms with Crippen molar-refractivity contribution < 1.29 is 27.1 Å². The van der Waals surface area contributed by atoms with Gasteiger partial charge in [0, 0.05) is 26.7 Å². The maximum absolute atomic E-state index is 13.8. The van der Waals surface area contributed by atoms with Gasteiger partial charge >= 0.3 is 10.2 Å². The van der Waals surface area contributed by atoms with E-state index in [1.807, 2.05) is 13.8 Å². The highest BCUT2D eigenvalue weighted by Crippen LogP contribution is 2.22. The molecule has 0 saturated heterocycles. The Balaban J connectivity index is 2.51. The molecule has 2 atom stereocenters. The molecule has 11 heteroatoms. The second-order valence-corrected chi connectivity index (χ2v) is 11.0. The summed E-state index contributed by atoms with van der Waals surface area (Å²) in [6, 6.07) is 11.0. The van der Waals surface area contributed by atoms with Crippen LogP contribution >= 0.6 is 0 Å². The Morgan fingerprint density at radius 1 is 1.05 bits per heavy atom. The third-order valence-electron chi connectivity index (χ3n) is 6.01. The van der Waals surface area contributed by atoms with E-state index in [-0.39, 0.29) is 24.2 Å². The van der Waals surface area contributed by atoms with Crippen molar-refractivity contribution in [1.29, 1.82) is 0 Å². The molecule has 0 aliphatic rings. The molecule has 2 rings (SSSR count). The normalized spacial score (nSPS) is 13.1. The molecule has 1 N–H and O–H groups in total. The summed E-state index contributed by atoms with van der Waals surface area (Å²) in [5.41, 5.74) is 0.841. The number of ether oxygens (including phenoxy) is 1. The van der Waals surface area contributed by atoms with Crippen molar-refractivity contribution in [3.63, 3.8) is 0 Å². The van der Waals surface area contributed by atoms with Crippen LogP contribution in [0.2, 0.25) is 0 Å². The van der Waals surface area contributed by atoms with E-state index in [4.69, 9.17) is 4.74 Å². The van der Waals surface area contributed by atoms with Crippen LogP contribution in [0.4, 0.5) is 10.1 Å². The molecule has 0 spiro atoms. The van der Waals surface area contributed by atoms with Crippen LogP contribution in [-0.4, -0.2) is 69.3 Å². The van der Waals surface area contributed by atoms with Gasteiger partial charge in [0.2, 0.25) is 11.8 Å². The first-order valence-corrected chi connectivity index (χ1v) is 13.5. The van der Waals surface area contributed by atoms with E-state index in [0.29, 0.717) is 24.2 Å². The molecule has 2 aromatic rings. The minimum atomic E-state index is -4.12. The topological polar surface area (TPSA) is 99.3 Å². The Morgan fingerprint density at radius 3 is 2.24 bits per heavy atom. The first kappa shape index (κ1) is 30.0. The van der Waals surface area contributed by atoms with Crippen molar-refractivity contribution in [2.75, 3.05) is 32.1 Å². The monoisotopic (exact) mass is 536 g/mol. The van der Waals surface area contributed by atoms with Crippen molar-refractivity contribution in [3.8, 4) is 5.75 Å². The smallest absolute Gasteiger partial charge is 0.304 e. The SMILES string of the molecule is CCC(C)NC(=O)C(CC)N(Cc1cccc(OC)c1)C(=O)CN(c1ccc(F)cc1)S(=O)(=O)N(C)C. The van der Waals surface area contributed by atoms with Crippen LogP contribution in [0.3, 0.4) is 0 Å². The molecule has 0 aliphatic heterocycles. The minimum Gasteiger partial charge on any atom is -0.497 e. The Bertz CT molecular complexity index is 1160. The predicted octanol–water partition coefficient (Wildman–Crippen LogP) is 3.17. The summed E-state index contributed by atoms with van der Waals surface area (Å²) in [4.78, 5) is 28.4. The number of methoxy groups -OCH3 is 1. The van der Waals surface area contributed by atoms with Crippen molar-refractivity contribution in [3.05, 3.63) is 59.9 Å². The third-order valence-corrected chi connectivity index (χ3v) is 7.83. The van der Waals surface area contributed by atoms with Gasteiger partial charge in [-0.05, 0) is 61.7 Å². The molecule has 0 saturated carbocycles. The quantitative estimate of drug-likeness (QED) is 0.424. The van der Waals surface area contributed by atoms with Gasteiger partial charge in [-0.25, -0.2) is 8.70 Å². The number of nitrogens with zero attached hydrogens (tertiary/aromatic N) is 3. The number of carbonyl (C=O) groups is 2. The Kier molecular flexibility index (Phi) is 10.9. The number of hydrogen-bond acceptors (Lipinski definition) is 5. The third kappa shape index (κ3) is 7.90. The minimum absolute atomic E-state index is 0.0573. The van der Waals surface area contributed by atoms with Crippen molar-refractivity contribution in [1.82, 2.24) is 14.5 Å². The lowest BCUT2D eigenvalue weighted by Crippen LogP contribution is -2.54. The number of halogens is 1. The first-order chi connectivity index (χ1) is 17.4. The van der Waals surface area contributed by atoms with Gasteiger partial charge in [0.1, 0.15) is 24.2 Å².